The second kappa shape index (κ2) is 6.82. The first-order valence-electron chi connectivity index (χ1n) is 5.62. The largest absolute Gasteiger partial charge is 0.469 e. The highest BCUT2D eigenvalue weighted by Crippen LogP contribution is 2.10. The number of carbonyl (C=O) groups excluding carboxylic acids is 1. The van der Waals surface area contributed by atoms with Gasteiger partial charge in [0, 0.05) is 6.54 Å². The van der Waals surface area contributed by atoms with Gasteiger partial charge in [-0.1, -0.05) is 19.3 Å². The number of ether oxygens (including phenoxy) is 1. The lowest BCUT2D eigenvalue weighted by Gasteiger charge is -2.23. The Kier molecular flexibility index (Phi) is 5.60. The molecular formula is C11H21NO2. The first-order chi connectivity index (χ1) is 6.83. The summed E-state index contributed by atoms with van der Waals surface area (Å²) in [7, 11) is 1.45. The van der Waals surface area contributed by atoms with Crippen LogP contribution in [0.1, 0.15) is 38.5 Å². The van der Waals surface area contributed by atoms with E-state index < -0.39 is 0 Å². The summed E-state index contributed by atoms with van der Waals surface area (Å²) in [5.41, 5.74) is 0. The number of methoxy groups -OCH3 is 1. The smallest absolute Gasteiger partial charge is 0.306 e. The lowest BCUT2D eigenvalue weighted by molar-refractivity contribution is -0.141. The van der Waals surface area contributed by atoms with Crippen molar-refractivity contribution in [1.29, 1.82) is 0 Å². The summed E-state index contributed by atoms with van der Waals surface area (Å²) in [5, 5.41) is 0. The maximum atomic E-state index is 11.0. The molecule has 1 aliphatic heterocycles. The standard InChI is InChI=1S/C11H21NO2/c1-14-11(13)7-10-12-8-5-3-2-4-6-9-12/h2-10H2,1H3. The highest BCUT2D eigenvalue weighted by molar-refractivity contribution is 5.69. The molecule has 1 rings (SSSR count). The van der Waals surface area contributed by atoms with Gasteiger partial charge in [-0.3, -0.25) is 4.79 Å². The monoisotopic (exact) mass is 199 g/mol. The number of likely N-dealkylation sites (tertiary alicyclic amines) is 1. The Labute approximate surface area is 86.4 Å². The maximum Gasteiger partial charge on any atom is 0.306 e. The van der Waals surface area contributed by atoms with E-state index in [4.69, 9.17) is 0 Å². The fourth-order valence-corrected chi connectivity index (χ4v) is 1.89. The summed E-state index contributed by atoms with van der Waals surface area (Å²) in [5.74, 6) is -0.0907. The van der Waals surface area contributed by atoms with Gasteiger partial charge < -0.3 is 9.64 Å². The zero-order valence-corrected chi connectivity index (χ0v) is 9.13. The van der Waals surface area contributed by atoms with Gasteiger partial charge in [0.2, 0.25) is 0 Å². The average Bonchev–Trinajstić information content (AvgIpc) is 2.15. The minimum atomic E-state index is -0.0907. The second-order valence-corrected chi connectivity index (χ2v) is 3.94. The molecule has 0 N–H and O–H groups in total. The van der Waals surface area contributed by atoms with Crippen molar-refractivity contribution < 1.29 is 9.53 Å². The predicted molar refractivity (Wildman–Crippen MR) is 56.2 cm³/mol. The molecule has 0 aliphatic carbocycles. The van der Waals surface area contributed by atoms with Crippen LogP contribution in [0, 0.1) is 0 Å². The van der Waals surface area contributed by atoms with Crippen LogP contribution in [0.4, 0.5) is 0 Å². The summed E-state index contributed by atoms with van der Waals surface area (Å²) in [6, 6.07) is 0. The van der Waals surface area contributed by atoms with E-state index in [-0.39, 0.29) is 5.97 Å². The molecule has 0 aromatic rings. The highest BCUT2D eigenvalue weighted by Gasteiger charge is 2.09. The Hall–Kier alpha value is -0.570. The van der Waals surface area contributed by atoms with Gasteiger partial charge in [-0.25, -0.2) is 0 Å². The van der Waals surface area contributed by atoms with Crippen LogP contribution < -0.4 is 0 Å². The van der Waals surface area contributed by atoms with Crippen LogP contribution in [-0.2, 0) is 9.53 Å². The molecule has 0 atom stereocenters. The summed E-state index contributed by atoms with van der Waals surface area (Å²) in [4.78, 5) is 13.3. The Morgan fingerprint density at radius 3 is 2.29 bits per heavy atom. The van der Waals surface area contributed by atoms with Gasteiger partial charge in [-0.2, -0.15) is 0 Å². The quantitative estimate of drug-likeness (QED) is 0.649. The molecule has 0 aromatic heterocycles. The highest BCUT2D eigenvalue weighted by atomic mass is 16.5. The zero-order chi connectivity index (χ0) is 10.2. The van der Waals surface area contributed by atoms with Gasteiger partial charge in [-0.15, -0.1) is 0 Å². The van der Waals surface area contributed by atoms with Crippen LogP contribution in [0.2, 0.25) is 0 Å². The summed E-state index contributed by atoms with van der Waals surface area (Å²) in [6.45, 7) is 3.17. The van der Waals surface area contributed by atoms with E-state index in [2.05, 4.69) is 9.64 Å². The Morgan fingerprint density at radius 2 is 1.71 bits per heavy atom. The summed E-state index contributed by atoms with van der Waals surface area (Å²) in [6.07, 6.45) is 7.16. The molecule has 3 heteroatoms. The van der Waals surface area contributed by atoms with Gasteiger partial charge >= 0.3 is 5.97 Å². The van der Waals surface area contributed by atoms with E-state index in [1.165, 1.54) is 39.2 Å². The summed E-state index contributed by atoms with van der Waals surface area (Å²) >= 11 is 0. The molecule has 3 nitrogen and oxygen atoms in total. The average molecular weight is 199 g/mol. The number of hydrogen-bond donors (Lipinski definition) is 0. The second-order valence-electron chi connectivity index (χ2n) is 3.94. The summed E-state index contributed by atoms with van der Waals surface area (Å²) < 4.78 is 4.63. The molecule has 0 bridgehead atoms. The molecule has 1 aliphatic rings. The third-order valence-corrected chi connectivity index (χ3v) is 2.81. The number of nitrogens with zero attached hydrogens (tertiary/aromatic N) is 1. The number of esters is 1. The van der Waals surface area contributed by atoms with Gasteiger partial charge in [0.05, 0.1) is 13.5 Å². The predicted octanol–water partition coefficient (Wildman–Crippen LogP) is 1.82. The molecule has 0 spiro atoms. The zero-order valence-electron chi connectivity index (χ0n) is 9.13. The SMILES string of the molecule is COC(=O)CCN1CCCCCCC1. The minimum Gasteiger partial charge on any atom is -0.469 e. The van der Waals surface area contributed by atoms with E-state index >= 15 is 0 Å². The first kappa shape index (κ1) is 11.5. The number of carbonyl (C=O) groups is 1. The lowest BCUT2D eigenvalue weighted by atomic mass is 10.1. The van der Waals surface area contributed by atoms with E-state index in [0.29, 0.717) is 6.42 Å². The molecular weight excluding hydrogens is 178 g/mol. The number of rotatable bonds is 3. The van der Waals surface area contributed by atoms with Crippen molar-refractivity contribution in [1.82, 2.24) is 4.90 Å². The van der Waals surface area contributed by atoms with Gasteiger partial charge in [0.25, 0.3) is 0 Å². The van der Waals surface area contributed by atoms with Crippen LogP contribution in [0.5, 0.6) is 0 Å². The molecule has 1 saturated heterocycles. The molecule has 0 saturated carbocycles. The van der Waals surface area contributed by atoms with Crippen LogP contribution in [0.15, 0.2) is 0 Å². The molecule has 1 fully saturated rings. The number of hydrogen-bond acceptors (Lipinski definition) is 3. The van der Waals surface area contributed by atoms with Crippen molar-refractivity contribution in [3.8, 4) is 0 Å². The topological polar surface area (TPSA) is 29.5 Å². The van der Waals surface area contributed by atoms with E-state index in [9.17, 15) is 4.79 Å². The first-order valence-corrected chi connectivity index (χ1v) is 5.62. The van der Waals surface area contributed by atoms with Crippen LogP contribution in [0.3, 0.4) is 0 Å². The third-order valence-electron chi connectivity index (χ3n) is 2.81. The van der Waals surface area contributed by atoms with Gasteiger partial charge in [0.1, 0.15) is 0 Å². The van der Waals surface area contributed by atoms with Gasteiger partial charge in [-0.05, 0) is 25.9 Å². The van der Waals surface area contributed by atoms with Crippen LogP contribution >= 0.6 is 0 Å². The molecule has 82 valence electrons. The van der Waals surface area contributed by atoms with E-state index in [0.717, 1.165) is 19.6 Å². The molecule has 14 heavy (non-hydrogen) atoms. The minimum absolute atomic E-state index is 0.0907. The Morgan fingerprint density at radius 1 is 1.14 bits per heavy atom. The Bertz CT molecular complexity index is 163. The van der Waals surface area contributed by atoms with Crippen molar-refractivity contribution in [3.05, 3.63) is 0 Å². The van der Waals surface area contributed by atoms with Crippen molar-refractivity contribution in [2.24, 2.45) is 0 Å². The molecule has 0 aromatic carbocycles. The fraction of sp³-hybridized carbons (Fsp3) is 0.909. The van der Waals surface area contributed by atoms with Crippen molar-refractivity contribution in [3.63, 3.8) is 0 Å². The maximum absolute atomic E-state index is 11.0. The van der Waals surface area contributed by atoms with E-state index in [1.807, 2.05) is 0 Å². The molecule has 0 radical (unpaired) electrons. The lowest BCUT2D eigenvalue weighted by Crippen LogP contribution is -2.29. The van der Waals surface area contributed by atoms with Crippen LogP contribution in [0.25, 0.3) is 0 Å². The Balaban J connectivity index is 2.16. The van der Waals surface area contributed by atoms with Crippen molar-refractivity contribution in [2.45, 2.75) is 38.5 Å². The molecule has 0 amide bonds. The van der Waals surface area contributed by atoms with Crippen molar-refractivity contribution >= 4 is 5.97 Å². The van der Waals surface area contributed by atoms with Gasteiger partial charge in [0.15, 0.2) is 0 Å². The normalized spacial score (nSPS) is 19.8. The molecule has 0 unspecified atom stereocenters. The fourth-order valence-electron chi connectivity index (χ4n) is 1.89. The van der Waals surface area contributed by atoms with Crippen LogP contribution in [-0.4, -0.2) is 37.6 Å². The van der Waals surface area contributed by atoms with Crippen molar-refractivity contribution in [2.75, 3.05) is 26.7 Å². The molecule has 1 heterocycles. The van der Waals surface area contributed by atoms with E-state index in [1.54, 1.807) is 0 Å². The third kappa shape index (κ3) is 4.61.